The van der Waals surface area contributed by atoms with Gasteiger partial charge in [0.25, 0.3) is 5.91 Å². The van der Waals surface area contributed by atoms with Crippen molar-refractivity contribution in [2.24, 2.45) is 0 Å². The summed E-state index contributed by atoms with van der Waals surface area (Å²) in [6, 6.07) is 13.2. The smallest absolute Gasteiger partial charge is 0.307 e. The molecule has 2 aromatic carbocycles. The van der Waals surface area contributed by atoms with Gasteiger partial charge in [0.05, 0.1) is 5.69 Å². The van der Waals surface area contributed by atoms with Gasteiger partial charge in [-0.15, -0.1) is 11.3 Å². The Morgan fingerprint density at radius 3 is 2.61 bits per heavy atom. The lowest BCUT2D eigenvalue weighted by molar-refractivity contribution is 0.0745. The van der Waals surface area contributed by atoms with Crippen LogP contribution in [0.5, 0.6) is 0 Å². The molecule has 0 saturated carbocycles. The number of thiazole rings is 1. The number of fused-ring (bicyclic) bond motifs is 1. The minimum absolute atomic E-state index is 0.249. The third-order valence-corrected chi connectivity index (χ3v) is 5.37. The minimum Gasteiger partial charge on any atom is -0.307 e. The molecule has 3 amide bonds. The van der Waals surface area contributed by atoms with Crippen molar-refractivity contribution in [1.29, 1.82) is 0 Å². The van der Waals surface area contributed by atoms with Gasteiger partial charge in [-0.05, 0) is 24.3 Å². The molecule has 0 atom stereocenters. The summed E-state index contributed by atoms with van der Waals surface area (Å²) in [4.78, 5) is 28.9. The van der Waals surface area contributed by atoms with Crippen LogP contribution in [0.25, 0.3) is 10.8 Å². The van der Waals surface area contributed by atoms with E-state index in [1.807, 2.05) is 47.5 Å². The Labute approximate surface area is 166 Å². The molecular weight excluding hydrogens is 374 g/mol. The standard InChI is InChI=1S/C20H21N5O2S/c26-18(24-25-11-4-1-5-12-25)17-13-28-20(22-17)23-19(27)21-16-10-6-8-14-7-2-3-9-15(14)16/h2-3,6-10,13H,1,4-5,11-12H2,(H,24,26)(H2,21,22,23,27). The highest BCUT2D eigenvalue weighted by molar-refractivity contribution is 7.14. The zero-order valence-electron chi connectivity index (χ0n) is 15.3. The summed E-state index contributed by atoms with van der Waals surface area (Å²) in [7, 11) is 0. The van der Waals surface area contributed by atoms with Crippen molar-refractivity contribution < 1.29 is 9.59 Å². The molecule has 1 fully saturated rings. The summed E-state index contributed by atoms with van der Waals surface area (Å²) in [6.45, 7) is 1.71. The van der Waals surface area contributed by atoms with E-state index in [4.69, 9.17) is 0 Å². The number of amides is 3. The van der Waals surface area contributed by atoms with E-state index in [1.54, 1.807) is 5.38 Å². The summed E-state index contributed by atoms with van der Waals surface area (Å²) in [5.74, 6) is -0.249. The highest BCUT2D eigenvalue weighted by Gasteiger charge is 2.17. The van der Waals surface area contributed by atoms with E-state index in [1.165, 1.54) is 17.8 Å². The number of carbonyl (C=O) groups is 2. The molecule has 3 N–H and O–H groups in total. The Morgan fingerprint density at radius 2 is 1.75 bits per heavy atom. The van der Waals surface area contributed by atoms with Crippen LogP contribution in [0.15, 0.2) is 47.8 Å². The third-order valence-electron chi connectivity index (χ3n) is 4.61. The Morgan fingerprint density at radius 1 is 0.964 bits per heavy atom. The molecule has 4 rings (SSSR count). The predicted molar refractivity (Wildman–Crippen MR) is 112 cm³/mol. The molecular formula is C20H21N5O2S. The van der Waals surface area contributed by atoms with Gasteiger partial charge in [0.15, 0.2) is 5.13 Å². The molecule has 0 bridgehead atoms. The largest absolute Gasteiger partial charge is 0.325 e. The number of hydrogen-bond donors (Lipinski definition) is 3. The number of rotatable bonds is 4. The number of hydrazine groups is 1. The normalized spacial score (nSPS) is 14.6. The van der Waals surface area contributed by atoms with Gasteiger partial charge in [-0.1, -0.05) is 42.8 Å². The number of nitrogens with zero attached hydrogens (tertiary/aromatic N) is 2. The Bertz CT molecular complexity index is 992. The maximum atomic E-state index is 12.4. The van der Waals surface area contributed by atoms with Gasteiger partial charge in [-0.3, -0.25) is 15.5 Å². The first-order valence-corrected chi connectivity index (χ1v) is 10.1. The maximum Gasteiger partial charge on any atom is 0.325 e. The predicted octanol–water partition coefficient (Wildman–Crippen LogP) is 4.07. The fourth-order valence-electron chi connectivity index (χ4n) is 3.23. The molecule has 7 nitrogen and oxygen atoms in total. The van der Waals surface area contributed by atoms with Crippen LogP contribution < -0.4 is 16.1 Å². The molecule has 144 valence electrons. The second-order valence-electron chi connectivity index (χ2n) is 6.63. The topological polar surface area (TPSA) is 86.4 Å². The van der Waals surface area contributed by atoms with E-state index < -0.39 is 6.03 Å². The van der Waals surface area contributed by atoms with E-state index >= 15 is 0 Å². The van der Waals surface area contributed by atoms with Crippen molar-refractivity contribution in [1.82, 2.24) is 15.4 Å². The van der Waals surface area contributed by atoms with Crippen LogP contribution in [0.3, 0.4) is 0 Å². The van der Waals surface area contributed by atoms with Crippen molar-refractivity contribution in [3.8, 4) is 0 Å². The van der Waals surface area contributed by atoms with Crippen molar-refractivity contribution in [2.75, 3.05) is 23.7 Å². The zero-order valence-corrected chi connectivity index (χ0v) is 16.1. The van der Waals surface area contributed by atoms with Gasteiger partial charge in [-0.25, -0.2) is 14.8 Å². The minimum atomic E-state index is -0.395. The highest BCUT2D eigenvalue weighted by Crippen LogP contribution is 2.23. The molecule has 8 heteroatoms. The lowest BCUT2D eigenvalue weighted by atomic mass is 10.1. The molecule has 3 aromatic rings. The third kappa shape index (κ3) is 4.29. The van der Waals surface area contributed by atoms with Gasteiger partial charge in [0.2, 0.25) is 0 Å². The SMILES string of the molecule is O=C(Nc1nc(C(=O)NN2CCCCC2)cs1)Nc1cccc2ccccc12. The van der Waals surface area contributed by atoms with E-state index in [2.05, 4.69) is 21.0 Å². The van der Waals surface area contributed by atoms with Crippen molar-refractivity contribution in [2.45, 2.75) is 19.3 Å². The lowest BCUT2D eigenvalue weighted by Crippen LogP contribution is -2.45. The molecule has 0 aliphatic carbocycles. The van der Waals surface area contributed by atoms with E-state index in [9.17, 15) is 9.59 Å². The number of urea groups is 1. The molecule has 1 saturated heterocycles. The average Bonchev–Trinajstić information content (AvgIpc) is 3.17. The van der Waals surface area contributed by atoms with Crippen LogP contribution in [-0.4, -0.2) is 35.0 Å². The Balaban J connectivity index is 1.38. The molecule has 0 radical (unpaired) electrons. The van der Waals surface area contributed by atoms with Gasteiger partial charge in [0.1, 0.15) is 5.69 Å². The fraction of sp³-hybridized carbons (Fsp3) is 0.250. The number of benzene rings is 2. The van der Waals surface area contributed by atoms with Crippen molar-refractivity contribution in [3.05, 3.63) is 53.5 Å². The highest BCUT2D eigenvalue weighted by atomic mass is 32.1. The molecule has 28 heavy (non-hydrogen) atoms. The first-order valence-electron chi connectivity index (χ1n) is 9.26. The number of carbonyl (C=O) groups excluding carboxylic acids is 2. The summed E-state index contributed by atoms with van der Waals surface area (Å²) < 4.78 is 0. The van der Waals surface area contributed by atoms with E-state index in [-0.39, 0.29) is 5.91 Å². The zero-order chi connectivity index (χ0) is 19.3. The molecule has 0 spiro atoms. The molecule has 0 unspecified atom stereocenters. The summed E-state index contributed by atoms with van der Waals surface area (Å²) in [5.41, 5.74) is 3.89. The number of nitrogens with one attached hydrogen (secondary N) is 3. The summed E-state index contributed by atoms with van der Waals surface area (Å²) in [6.07, 6.45) is 3.36. The molecule has 2 heterocycles. The maximum absolute atomic E-state index is 12.4. The van der Waals surface area contributed by atoms with Crippen LogP contribution in [-0.2, 0) is 0 Å². The second-order valence-corrected chi connectivity index (χ2v) is 7.49. The number of aromatic nitrogens is 1. The number of piperidine rings is 1. The Hall–Kier alpha value is -2.97. The summed E-state index contributed by atoms with van der Waals surface area (Å²) in [5, 5.41) is 11.5. The van der Waals surface area contributed by atoms with Crippen LogP contribution in [0, 0.1) is 0 Å². The van der Waals surface area contributed by atoms with Gasteiger partial charge < -0.3 is 5.32 Å². The van der Waals surface area contributed by atoms with Crippen LogP contribution in [0.4, 0.5) is 15.6 Å². The van der Waals surface area contributed by atoms with Crippen molar-refractivity contribution in [3.63, 3.8) is 0 Å². The molecule has 1 aliphatic rings. The number of anilines is 2. The quantitative estimate of drug-likeness (QED) is 0.621. The van der Waals surface area contributed by atoms with Crippen molar-refractivity contribution >= 4 is 44.9 Å². The molecule has 1 aromatic heterocycles. The number of hydrogen-bond acceptors (Lipinski definition) is 5. The van der Waals surface area contributed by atoms with Gasteiger partial charge in [-0.2, -0.15) is 0 Å². The Kier molecular flexibility index (Phi) is 5.50. The van der Waals surface area contributed by atoms with Crippen LogP contribution >= 0.6 is 11.3 Å². The van der Waals surface area contributed by atoms with Crippen LogP contribution in [0.1, 0.15) is 29.8 Å². The van der Waals surface area contributed by atoms with Gasteiger partial charge >= 0.3 is 6.03 Å². The first-order chi connectivity index (χ1) is 13.7. The van der Waals surface area contributed by atoms with Crippen LogP contribution in [0.2, 0.25) is 0 Å². The second kappa shape index (κ2) is 8.37. The lowest BCUT2D eigenvalue weighted by Gasteiger charge is -2.26. The first kappa shape index (κ1) is 18.4. The average molecular weight is 395 g/mol. The monoisotopic (exact) mass is 395 g/mol. The van der Waals surface area contributed by atoms with Gasteiger partial charge in [0, 0.05) is 23.9 Å². The summed E-state index contributed by atoms with van der Waals surface area (Å²) >= 11 is 1.22. The van der Waals surface area contributed by atoms with E-state index in [0.29, 0.717) is 10.8 Å². The molecule has 1 aliphatic heterocycles. The van der Waals surface area contributed by atoms with E-state index in [0.717, 1.165) is 42.4 Å². The fourth-order valence-corrected chi connectivity index (χ4v) is 3.91.